The molecule has 0 radical (unpaired) electrons. The molecule has 1 atom stereocenters. The van der Waals surface area contributed by atoms with E-state index in [2.05, 4.69) is 4.98 Å². The Hall–Kier alpha value is -3.51. The summed E-state index contributed by atoms with van der Waals surface area (Å²) in [6.07, 6.45) is 2.61. The summed E-state index contributed by atoms with van der Waals surface area (Å²) in [6, 6.07) is 15.2. The first-order valence-electron chi connectivity index (χ1n) is 8.76. The number of carboxylic acids is 1. The van der Waals surface area contributed by atoms with Crippen molar-refractivity contribution in [3.63, 3.8) is 0 Å². The number of carbonyl (C=O) groups is 1. The lowest BCUT2D eigenvalue weighted by molar-refractivity contribution is -0.130. The van der Waals surface area contributed by atoms with Gasteiger partial charge in [-0.05, 0) is 59.5 Å². The second-order valence-corrected chi connectivity index (χ2v) is 6.62. The van der Waals surface area contributed by atoms with Gasteiger partial charge in [-0.3, -0.25) is 4.98 Å². The van der Waals surface area contributed by atoms with Crippen LogP contribution in [0.5, 0.6) is 0 Å². The Morgan fingerprint density at radius 1 is 1.14 bits per heavy atom. The summed E-state index contributed by atoms with van der Waals surface area (Å²) in [4.78, 5) is 17.9. The van der Waals surface area contributed by atoms with Crippen molar-refractivity contribution in [2.45, 2.75) is 13.1 Å². The molecule has 0 saturated heterocycles. The van der Waals surface area contributed by atoms with Crippen LogP contribution >= 0.6 is 0 Å². The number of rotatable bonds is 3. The highest BCUT2D eigenvalue weighted by molar-refractivity contribution is 6.17. The zero-order valence-corrected chi connectivity index (χ0v) is 15.1. The fourth-order valence-corrected chi connectivity index (χ4v) is 3.48. The number of nitrogens with zero attached hydrogens (tertiary/aromatic N) is 2. The van der Waals surface area contributed by atoms with E-state index in [1.54, 1.807) is 47.6 Å². The molecular formula is C22H18FN3O2. The summed E-state index contributed by atoms with van der Waals surface area (Å²) in [6.45, 7) is 1.84. The molecule has 1 aliphatic heterocycles. The molecule has 5 nitrogen and oxygen atoms in total. The molecule has 140 valence electrons. The van der Waals surface area contributed by atoms with E-state index in [-0.39, 0.29) is 11.4 Å². The van der Waals surface area contributed by atoms with E-state index in [9.17, 15) is 14.3 Å². The molecular weight excluding hydrogens is 357 g/mol. The molecule has 1 aromatic heterocycles. The number of benzene rings is 2. The number of hydrogen-bond donors (Lipinski definition) is 2. The second kappa shape index (κ2) is 6.90. The lowest BCUT2D eigenvalue weighted by atomic mass is 9.90. The van der Waals surface area contributed by atoms with Gasteiger partial charge in [-0.1, -0.05) is 24.3 Å². The highest BCUT2D eigenvalue weighted by Gasteiger charge is 2.29. The molecule has 3 N–H and O–H groups in total. The van der Waals surface area contributed by atoms with Crippen molar-refractivity contribution in [3.8, 4) is 11.1 Å². The van der Waals surface area contributed by atoms with Gasteiger partial charge in [0, 0.05) is 12.4 Å². The molecule has 1 unspecified atom stereocenters. The number of halogens is 1. The number of aliphatic carboxylic acids is 1. The van der Waals surface area contributed by atoms with E-state index in [0.717, 1.165) is 16.9 Å². The minimum atomic E-state index is -1.04. The predicted octanol–water partition coefficient (Wildman–Crippen LogP) is 4.10. The Balaban J connectivity index is 1.88. The third kappa shape index (κ3) is 3.04. The summed E-state index contributed by atoms with van der Waals surface area (Å²) in [5, 5.41) is 9.73. The van der Waals surface area contributed by atoms with Gasteiger partial charge in [-0.25, -0.2) is 9.18 Å². The molecule has 0 bridgehead atoms. The Bertz CT molecular complexity index is 1110. The molecule has 28 heavy (non-hydrogen) atoms. The lowest BCUT2D eigenvalue weighted by Crippen LogP contribution is -2.35. The average Bonchev–Trinajstić information content (AvgIpc) is 2.68. The maximum atomic E-state index is 13.6. The van der Waals surface area contributed by atoms with E-state index in [1.165, 1.54) is 12.1 Å². The number of aromatic nitrogens is 1. The number of anilines is 1. The lowest BCUT2D eigenvalue weighted by Gasteiger charge is -2.34. The second-order valence-electron chi connectivity index (χ2n) is 6.62. The van der Waals surface area contributed by atoms with Gasteiger partial charge < -0.3 is 15.7 Å². The number of pyridine rings is 1. The van der Waals surface area contributed by atoms with Crippen LogP contribution in [0, 0.1) is 12.7 Å². The van der Waals surface area contributed by atoms with E-state index >= 15 is 0 Å². The number of carboxylic acid groups (broad SMARTS) is 1. The van der Waals surface area contributed by atoms with Gasteiger partial charge in [0.2, 0.25) is 0 Å². The molecule has 3 aromatic rings. The van der Waals surface area contributed by atoms with E-state index in [0.29, 0.717) is 16.7 Å². The van der Waals surface area contributed by atoms with Crippen LogP contribution < -0.4 is 10.6 Å². The quantitative estimate of drug-likeness (QED) is 0.721. The highest BCUT2D eigenvalue weighted by Crippen LogP contribution is 2.38. The summed E-state index contributed by atoms with van der Waals surface area (Å²) < 4.78 is 13.6. The van der Waals surface area contributed by atoms with Crippen molar-refractivity contribution >= 4 is 17.2 Å². The topological polar surface area (TPSA) is 79.5 Å². The number of aryl methyl sites for hydroxylation is 1. The normalized spacial score (nSPS) is 15.8. The van der Waals surface area contributed by atoms with Crippen LogP contribution in [0.3, 0.4) is 0 Å². The molecule has 0 fully saturated rings. The molecule has 6 heteroatoms. The van der Waals surface area contributed by atoms with Gasteiger partial charge >= 0.3 is 5.97 Å². The van der Waals surface area contributed by atoms with Crippen molar-refractivity contribution < 1.29 is 14.3 Å². The maximum Gasteiger partial charge on any atom is 0.337 e. The van der Waals surface area contributed by atoms with Gasteiger partial charge in [0.1, 0.15) is 12.0 Å². The molecule has 2 heterocycles. The van der Waals surface area contributed by atoms with Crippen LogP contribution in [-0.4, -0.2) is 16.1 Å². The summed E-state index contributed by atoms with van der Waals surface area (Å²) in [5.74, 6) is -1.38. The largest absolute Gasteiger partial charge is 0.478 e. The summed E-state index contributed by atoms with van der Waals surface area (Å²) in [7, 11) is 0. The van der Waals surface area contributed by atoms with Crippen molar-refractivity contribution in [1.82, 2.24) is 4.98 Å². The fourth-order valence-electron chi connectivity index (χ4n) is 3.48. The Morgan fingerprint density at radius 3 is 2.64 bits per heavy atom. The zero-order valence-electron chi connectivity index (χ0n) is 15.1. The molecule has 0 spiro atoms. The number of nitrogens with two attached hydrogens (primary N) is 1. The first-order chi connectivity index (χ1) is 13.5. The predicted molar refractivity (Wildman–Crippen MR) is 106 cm³/mol. The van der Waals surface area contributed by atoms with Crippen LogP contribution in [0.15, 0.2) is 67.0 Å². The van der Waals surface area contributed by atoms with E-state index in [1.807, 2.05) is 19.1 Å². The van der Waals surface area contributed by atoms with Gasteiger partial charge in [0.05, 0.1) is 17.0 Å². The van der Waals surface area contributed by atoms with Crippen LogP contribution in [0.25, 0.3) is 16.7 Å². The van der Waals surface area contributed by atoms with Crippen LogP contribution in [-0.2, 0) is 4.79 Å². The SMILES string of the molecule is Cc1ncccc1N1C=C(C(=O)O)c2ccc(-c3cccc(F)c3)cc2C1N. The van der Waals surface area contributed by atoms with E-state index in [4.69, 9.17) is 5.73 Å². The number of hydrogen-bond acceptors (Lipinski definition) is 4. The van der Waals surface area contributed by atoms with E-state index < -0.39 is 12.1 Å². The van der Waals surface area contributed by atoms with Crippen molar-refractivity contribution in [2.75, 3.05) is 4.90 Å². The molecule has 0 saturated carbocycles. The van der Waals surface area contributed by atoms with Crippen molar-refractivity contribution in [1.29, 1.82) is 0 Å². The maximum absolute atomic E-state index is 13.6. The first-order valence-corrected chi connectivity index (χ1v) is 8.76. The van der Waals surface area contributed by atoms with Gasteiger partial charge in [0.25, 0.3) is 0 Å². The molecule has 1 aliphatic rings. The highest BCUT2D eigenvalue weighted by atomic mass is 19.1. The Kier molecular flexibility index (Phi) is 4.41. The van der Waals surface area contributed by atoms with Gasteiger partial charge in [0.15, 0.2) is 0 Å². The summed E-state index contributed by atoms with van der Waals surface area (Å²) in [5.41, 5.74) is 10.8. The average molecular weight is 375 g/mol. The molecule has 2 aromatic carbocycles. The summed E-state index contributed by atoms with van der Waals surface area (Å²) >= 11 is 0. The molecule has 0 amide bonds. The minimum absolute atomic E-state index is 0.144. The van der Waals surface area contributed by atoms with Crippen LogP contribution in [0.2, 0.25) is 0 Å². The molecule has 4 rings (SSSR count). The third-order valence-electron chi connectivity index (χ3n) is 4.87. The first kappa shape index (κ1) is 17.9. The van der Waals surface area contributed by atoms with Gasteiger partial charge in [-0.15, -0.1) is 0 Å². The number of fused-ring (bicyclic) bond motifs is 1. The van der Waals surface area contributed by atoms with Crippen LogP contribution in [0.4, 0.5) is 10.1 Å². The third-order valence-corrected chi connectivity index (χ3v) is 4.87. The van der Waals surface area contributed by atoms with Gasteiger partial charge in [-0.2, -0.15) is 0 Å². The smallest absolute Gasteiger partial charge is 0.337 e. The van der Waals surface area contributed by atoms with Crippen LogP contribution in [0.1, 0.15) is 23.0 Å². The van der Waals surface area contributed by atoms with Crippen molar-refractivity contribution in [2.24, 2.45) is 5.73 Å². The fraction of sp³-hybridized carbons (Fsp3) is 0.0909. The Labute approximate surface area is 161 Å². The monoisotopic (exact) mass is 375 g/mol. The van der Waals surface area contributed by atoms with Crippen molar-refractivity contribution in [3.05, 3.63) is 89.6 Å². The molecule has 0 aliphatic carbocycles. The zero-order chi connectivity index (χ0) is 19.8. The Morgan fingerprint density at radius 2 is 1.93 bits per heavy atom. The standard InChI is InChI=1S/C22H18FN3O2/c1-13-20(6-3-9-25-13)26-12-19(22(27)28)17-8-7-15(11-18(17)21(26)24)14-4-2-5-16(23)10-14/h2-12,21H,24H2,1H3,(H,27,28). The minimum Gasteiger partial charge on any atom is -0.478 e.